The standard InChI is InChI=1S/C17H16BrNO/c1-17(20,11-12-5-7-13(18)8-6-12)15-3-2-4-16-14(15)9-10-19-16/h2-10,19-20H,11H2,1H3. The first-order chi connectivity index (χ1) is 9.56. The average Bonchev–Trinajstić information content (AvgIpc) is 2.89. The van der Waals surface area contributed by atoms with E-state index in [-0.39, 0.29) is 0 Å². The molecule has 3 aromatic rings. The molecule has 1 aromatic heterocycles. The molecule has 0 aliphatic rings. The largest absolute Gasteiger partial charge is 0.385 e. The molecule has 0 saturated carbocycles. The second-order valence-electron chi connectivity index (χ2n) is 5.32. The summed E-state index contributed by atoms with van der Waals surface area (Å²) < 4.78 is 1.05. The molecule has 1 atom stereocenters. The zero-order valence-electron chi connectivity index (χ0n) is 11.2. The molecule has 2 aromatic carbocycles. The van der Waals surface area contributed by atoms with E-state index in [9.17, 15) is 5.11 Å². The van der Waals surface area contributed by atoms with Gasteiger partial charge in [0.1, 0.15) is 0 Å². The van der Waals surface area contributed by atoms with E-state index in [1.807, 2.05) is 61.7 Å². The molecule has 3 heteroatoms. The SMILES string of the molecule is CC(O)(Cc1ccc(Br)cc1)c1cccc2[nH]ccc12. The minimum absolute atomic E-state index is 0.588. The lowest BCUT2D eigenvalue weighted by atomic mass is 9.87. The Bertz CT molecular complexity index is 728. The Balaban J connectivity index is 1.98. The number of hydrogen-bond donors (Lipinski definition) is 2. The van der Waals surface area contributed by atoms with E-state index in [1.54, 1.807) is 0 Å². The summed E-state index contributed by atoms with van der Waals surface area (Å²) >= 11 is 3.43. The third kappa shape index (κ3) is 2.51. The van der Waals surface area contributed by atoms with Gasteiger partial charge in [-0.2, -0.15) is 0 Å². The Labute approximate surface area is 126 Å². The van der Waals surface area contributed by atoms with Gasteiger partial charge in [0.25, 0.3) is 0 Å². The number of hydrogen-bond acceptors (Lipinski definition) is 1. The minimum atomic E-state index is -0.893. The van der Waals surface area contributed by atoms with Crippen LogP contribution < -0.4 is 0 Å². The number of fused-ring (bicyclic) bond motifs is 1. The molecule has 1 unspecified atom stereocenters. The van der Waals surface area contributed by atoms with E-state index >= 15 is 0 Å². The predicted molar refractivity (Wildman–Crippen MR) is 85.7 cm³/mol. The topological polar surface area (TPSA) is 36.0 Å². The maximum Gasteiger partial charge on any atom is 0.0915 e. The molecule has 102 valence electrons. The van der Waals surface area contributed by atoms with Crippen molar-refractivity contribution in [1.29, 1.82) is 0 Å². The molecule has 0 radical (unpaired) electrons. The van der Waals surface area contributed by atoms with Crippen molar-refractivity contribution in [3.63, 3.8) is 0 Å². The summed E-state index contributed by atoms with van der Waals surface area (Å²) in [6.45, 7) is 1.87. The average molecular weight is 330 g/mol. The minimum Gasteiger partial charge on any atom is -0.385 e. The Morgan fingerprint density at radius 3 is 2.60 bits per heavy atom. The summed E-state index contributed by atoms with van der Waals surface area (Å²) in [5, 5.41) is 12.0. The monoisotopic (exact) mass is 329 g/mol. The molecule has 0 aliphatic carbocycles. The summed E-state index contributed by atoms with van der Waals surface area (Å²) in [5.41, 5.74) is 2.23. The molecule has 0 fully saturated rings. The summed E-state index contributed by atoms with van der Waals surface area (Å²) in [6.07, 6.45) is 2.49. The van der Waals surface area contributed by atoms with Crippen LogP contribution in [0.2, 0.25) is 0 Å². The van der Waals surface area contributed by atoms with Crippen LogP contribution in [0, 0.1) is 0 Å². The van der Waals surface area contributed by atoms with Crippen LogP contribution in [0.25, 0.3) is 10.9 Å². The molecule has 2 N–H and O–H groups in total. The fourth-order valence-electron chi connectivity index (χ4n) is 2.65. The number of aliphatic hydroxyl groups is 1. The second kappa shape index (κ2) is 5.08. The number of H-pyrrole nitrogens is 1. The van der Waals surface area contributed by atoms with Crippen LogP contribution in [0.1, 0.15) is 18.1 Å². The molecular weight excluding hydrogens is 314 g/mol. The first kappa shape index (κ1) is 13.4. The Hall–Kier alpha value is -1.58. The smallest absolute Gasteiger partial charge is 0.0915 e. The molecule has 2 nitrogen and oxygen atoms in total. The summed E-state index contributed by atoms with van der Waals surface area (Å²) in [6, 6.07) is 16.1. The van der Waals surface area contributed by atoms with Gasteiger partial charge >= 0.3 is 0 Å². The van der Waals surface area contributed by atoms with E-state index in [1.165, 1.54) is 0 Å². The Kier molecular flexibility index (Phi) is 3.40. The lowest BCUT2D eigenvalue weighted by molar-refractivity contribution is 0.0592. The van der Waals surface area contributed by atoms with Crippen molar-refractivity contribution in [2.24, 2.45) is 0 Å². The van der Waals surface area contributed by atoms with Gasteiger partial charge in [-0.25, -0.2) is 0 Å². The molecule has 0 saturated heterocycles. The highest BCUT2D eigenvalue weighted by Gasteiger charge is 2.25. The first-order valence-corrected chi connectivity index (χ1v) is 7.39. The van der Waals surface area contributed by atoms with Crippen molar-refractivity contribution >= 4 is 26.8 Å². The van der Waals surface area contributed by atoms with Crippen molar-refractivity contribution in [2.75, 3.05) is 0 Å². The second-order valence-corrected chi connectivity index (χ2v) is 6.24. The van der Waals surface area contributed by atoms with Crippen molar-refractivity contribution in [1.82, 2.24) is 4.98 Å². The van der Waals surface area contributed by atoms with Crippen LogP contribution in [-0.2, 0) is 12.0 Å². The number of aromatic amines is 1. The van der Waals surface area contributed by atoms with Crippen LogP contribution in [0.4, 0.5) is 0 Å². The maximum absolute atomic E-state index is 10.9. The number of rotatable bonds is 3. The molecule has 20 heavy (non-hydrogen) atoms. The Morgan fingerprint density at radius 1 is 1.10 bits per heavy atom. The van der Waals surface area contributed by atoms with Crippen LogP contribution in [0.15, 0.2) is 59.2 Å². The van der Waals surface area contributed by atoms with Crippen molar-refractivity contribution in [3.05, 3.63) is 70.3 Å². The quantitative estimate of drug-likeness (QED) is 0.734. The third-order valence-corrected chi connectivity index (χ3v) is 4.17. The number of halogens is 1. The van der Waals surface area contributed by atoms with Crippen LogP contribution in [0.5, 0.6) is 0 Å². The lowest BCUT2D eigenvalue weighted by Gasteiger charge is -2.25. The molecule has 3 rings (SSSR count). The van der Waals surface area contributed by atoms with Gasteiger partial charge in [-0.1, -0.05) is 40.2 Å². The highest BCUT2D eigenvalue weighted by molar-refractivity contribution is 9.10. The number of nitrogens with one attached hydrogen (secondary N) is 1. The van der Waals surface area contributed by atoms with Gasteiger partial charge in [-0.05, 0) is 42.3 Å². The van der Waals surface area contributed by atoms with Crippen LogP contribution in [-0.4, -0.2) is 10.1 Å². The maximum atomic E-state index is 10.9. The molecule has 0 bridgehead atoms. The summed E-state index contributed by atoms with van der Waals surface area (Å²) in [5.74, 6) is 0. The van der Waals surface area contributed by atoms with Gasteiger partial charge < -0.3 is 10.1 Å². The number of aromatic nitrogens is 1. The molecular formula is C17H16BrNO. The fourth-order valence-corrected chi connectivity index (χ4v) is 2.91. The zero-order valence-corrected chi connectivity index (χ0v) is 12.8. The van der Waals surface area contributed by atoms with Gasteiger partial charge in [0.2, 0.25) is 0 Å². The van der Waals surface area contributed by atoms with E-state index in [0.717, 1.165) is 26.5 Å². The highest BCUT2D eigenvalue weighted by atomic mass is 79.9. The molecule has 0 aliphatic heterocycles. The lowest BCUT2D eigenvalue weighted by Crippen LogP contribution is -2.24. The number of benzene rings is 2. The highest BCUT2D eigenvalue weighted by Crippen LogP contribution is 2.31. The van der Waals surface area contributed by atoms with Crippen molar-refractivity contribution in [3.8, 4) is 0 Å². The third-order valence-electron chi connectivity index (χ3n) is 3.64. The molecule has 1 heterocycles. The molecule has 0 amide bonds. The van der Waals surface area contributed by atoms with Crippen molar-refractivity contribution in [2.45, 2.75) is 18.9 Å². The van der Waals surface area contributed by atoms with E-state index in [2.05, 4.69) is 20.9 Å². The Morgan fingerprint density at radius 2 is 1.85 bits per heavy atom. The summed E-state index contributed by atoms with van der Waals surface area (Å²) in [4.78, 5) is 3.19. The van der Waals surface area contributed by atoms with Crippen LogP contribution >= 0.6 is 15.9 Å². The normalized spacial score (nSPS) is 14.3. The predicted octanol–water partition coefficient (Wildman–Crippen LogP) is 4.38. The van der Waals surface area contributed by atoms with E-state index in [4.69, 9.17) is 0 Å². The van der Waals surface area contributed by atoms with E-state index < -0.39 is 5.60 Å². The van der Waals surface area contributed by atoms with Crippen molar-refractivity contribution < 1.29 is 5.11 Å². The van der Waals surface area contributed by atoms with Crippen LogP contribution in [0.3, 0.4) is 0 Å². The van der Waals surface area contributed by atoms with Gasteiger partial charge in [0, 0.05) is 28.0 Å². The molecule has 0 spiro atoms. The summed E-state index contributed by atoms with van der Waals surface area (Å²) in [7, 11) is 0. The van der Waals surface area contributed by atoms with E-state index in [0.29, 0.717) is 6.42 Å². The fraction of sp³-hybridized carbons (Fsp3) is 0.176. The van der Waals surface area contributed by atoms with Gasteiger partial charge in [0.05, 0.1) is 5.60 Å². The van der Waals surface area contributed by atoms with Gasteiger partial charge in [0.15, 0.2) is 0 Å². The van der Waals surface area contributed by atoms with Gasteiger partial charge in [-0.15, -0.1) is 0 Å². The first-order valence-electron chi connectivity index (χ1n) is 6.60. The van der Waals surface area contributed by atoms with Gasteiger partial charge in [-0.3, -0.25) is 0 Å². The zero-order chi connectivity index (χ0) is 14.2.